The summed E-state index contributed by atoms with van der Waals surface area (Å²) in [6.07, 6.45) is 10.6. The lowest BCUT2D eigenvalue weighted by Gasteiger charge is -2.60. The maximum absolute atomic E-state index is 10.7. The van der Waals surface area contributed by atoms with Gasteiger partial charge in [-0.3, -0.25) is 0 Å². The monoisotopic (exact) mass is 278 g/mol. The van der Waals surface area contributed by atoms with E-state index in [1.165, 1.54) is 44.9 Å². The van der Waals surface area contributed by atoms with Crippen molar-refractivity contribution in [2.45, 2.75) is 85.2 Å². The van der Waals surface area contributed by atoms with E-state index in [2.05, 4.69) is 27.7 Å². The van der Waals surface area contributed by atoms with Gasteiger partial charge in [0.15, 0.2) is 0 Å². The summed E-state index contributed by atoms with van der Waals surface area (Å²) in [6.45, 7) is 9.93. The summed E-state index contributed by atoms with van der Waals surface area (Å²) in [5, 5.41) is 10.7. The van der Waals surface area contributed by atoms with Gasteiger partial charge in [0, 0.05) is 0 Å². The van der Waals surface area contributed by atoms with Gasteiger partial charge in [-0.15, -0.1) is 0 Å². The summed E-state index contributed by atoms with van der Waals surface area (Å²) >= 11 is 0. The predicted molar refractivity (Wildman–Crippen MR) is 84.5 cm³/mol. The van der Waals surface area contributed by atoms with Crippen molar-refractivity contribution in [3.05, 3.63) is 0 Å². The van der Waals surface area contributed by atoms with Gasteiger partial charge < -0.3 is 5.11 Å². The quantitative estimate of drug-likeness (QED) is 0.659. The molecule has 1 N–H and O–H groups in total. The SMILES string of the molecule is CC1CC[C@H]2C(CC[C@H]3C(C)(C)CCC[C@]23C)C(O)C1. The van der Waals surface area contributed by atoms with Crippen LogP contribution in [0, 0.1) is 34.5 Å². The normalized spacial score (nSPS) is 51.8. The maximum Gasteiger partial charge on any atom is 0.0573 e. The second-order valence-corrected chi connectivity index (χ2v) is 9.23. The van der Waals surface area contributed by atoms with E-state index in [-0.39, 0.29) is 6.10 Å². The van der Waals surface area contributed by atoms with Gasteiger partial charge in [0.25, 0.3) is 0 Å². The summed E-state index contributed by atoms with van der Waals surface area (Å²) in [4.78, 5) is 0. The summed E-state index contributed by atoms with van der Waals surface area (Å²) in [6, 6.07) is 0. The Bertz CT molecular complexity index is 361. The second kappa shape index (κ2) is 5.00. The minimum atomic E-state index is -0.0275. The van der Waals surface area contributed by atoms with Gasteiger partial charge >= 0.3 is 0 Å². The van der Waals surface area contributed by atoms with E-state index >= 15 is 0 Å². The Hall–Kier alpha value is -0.0400. The van der Waals surface area contributed by atoms with Crippen molar-refractivity contribution in [2.24, 2.45) is 34.5 Å². The summed E-state index contributed by atoms with van der Waals surface area (Å²) in [5.41, 5.74) is 1.01. The first-order valence-electron chi connectivity index (χ1n) is 9.02. The third-order valence-electron chi connectivity index (χ3n) is 7.54. The molecule has 20 heavy (non-hydrogen) atoms. The minimum absolute atomic E-state index is 0.0275. The number of aliphatic hydroxyl groups excluding tert-OH is 1. The lowest BCUT2D eigenvalue weighted by atomic mass is 9.45. The van der Waals surface area contributed by atoms with Gasteiger partial charge in [-0.2, -0.15) is 0 Å². The van der Waals surface area contributed by atoms with Crippen LogP contribution in [0.3, 0.4) is 0 Å². The molecule has 6 atom stereocenters. The van der Waals surface area contributed by atoms with E-state index in [0.29, 0.717) is 22.7 Å². The molecule has 0 aliphatic heterocycles. The van der Waals surface area contributed by atoms with Gasteiger partial charge in [-0.25, -0.2) is 0 Å². The highest BCUT2D eigenvalue weighted by Crippen LogP contribution is 2.63. The van der Waals surface area contributed by atoms with Gasteiger partial charge in [0.2, 0.25) is 0 Å². The number of hydrogen-bond donors (Lipinski definition) is 1. The van der Waals surface area contributed by atoms with E-state index < -0.39 is 0 Å². The molecule has 0 spiro atoms. The Balaban J connectivity index is 1.92. The van der Waals surface area contributed by atoms with Crippen LogP contribution >= 0.6 is 0 Å². The molecule has 3 fully saturated rings. The molecule has 0 aromatic heterocycles. The Labute approximate surface area is 125 Å². The molecule has 0 bridgehead atoms. The molecule has 3 unspecified atom stereocenters. The van der Waals surface area contributed by atoms with Crippen molar-refractivity contribution in [3.8, 4) is 0 Å². The molecular weight excluding hydrogens is 244 g/mol. The number of fused-ring (bicyclic) bond motifs is 3. The van der Waals surface area contributed by atoms with Crippen molar-refractivity contribution < 1.29 is 5.11 Å². The van der Waals surface area contributed by atoms with Crippen molar-refractivity contribution in [2.75, 3.05) is 0 Å². The fourth-order valence-electron chi connectivity index (χ4n) is 6.55. The first kappa shape index (κ1) is 14.9. The van der Waals surface area contributed by atoms with Crippen LogP contribution < -0.4 is 0 Å². The summed E-state index contributed by atoms with van der Waals surface area (Å²) < 4.78 is 0. The van der Waals surface area contributed by atoms with Gasteiger partial charge in [-0.1, -0.05) is 40.5 Å². The van der Waals surface area contributed by atoms with Crippen molar-refractivity contribution in [1.82, 2.24) is 0 Å². The molecule has 3 rings (SSSR count). The van der Waals surface area contributed by atoms with Crippen LogP contribution in [-0.4, -0.2) is 11.2 Å². The highest BCUT2D eigenvalue weighted by molar-refractivity contribution is 5.05. The first-order valence-corrected chi connectivity index (χ1v) is 9.02. The van der Waals surface area contributed by atoms with E-state index in [0.717, 1.165) is 18.3 Å². The standard InChI is InChI=1S/C19H34O/c1-13-6-8-15-14(16(20)12-13)7-9-17-18(2,3)10-5-11-19(15,17)4/h13-17,20H,5-12H2,1-4H3/t13?,14?,15-,16?,17-,19+/m0/s1. The van der Waals surface area contributed by atoms with Crippen LogP contribution in [-0.2, 0) is 0 Å². The molecule has 3 aliphatic rings. The topological polar surface area (TPSA) is 20.2 Å². The first-order chi connectivity index (χ1) is 9.34. The van der Waals surface area contributed by atoms with Gasteiger partial charge in [0.05, 0.1) is 6.10 Å². The van der Waals surface area contributed by atoms with E-state index in [4.69, 9.17) is 0 Å². The van der Waals surface area contributed by atoms with Gasteiger partial charge in [0.1, 0.15) is 0 Å². The van der Waals surface area contributed by atoms with Crippen molar-refractivity contribution in [1.29, 1.82) is 0 Å². The van der Waals surface area contributed by atoms with Crippen LogP contribution in [0.2, 0.25) is 0 Å². The van der Waals surface area contributed by atoms with E-state index in [1.807, 2.05) is 0 Å². The average Bonchev–Trinajstić information content (AvgIpc) is 2.48. The highest BCUT2D eigenvalue weighted by atomic mass is 16.3. The largest absolute Gasteiger partial charge is 0.393 e. The average molecular weight is 278 g/mol. The zero-order valence-corrected chi connectivity index (χ0v) is 14.0. The molecule has 116 valence electrons. The Kier molecular flexibility index (Phi) is 3.72. The molecule has 0 radical (unpaired) electrons. The number of aliphatic hydroxyl groups is 1. The van der Waals surface area contributed by atoms with Crippen LogP contribution in [0.25, 0.3) is 0 Å². The molecule has 0 heterocycles. The minimum Gasteiger partial charge on any atom is -0.393 e. The zero-order valence-electron chi connectivity index (χ0n) is 14.0. The van der Waals surface area contributed by atoms with Crippen molar-refractivity contribution >= 4 is 0 Å². The molecule has 1 heteroatoms. The second-order valence-electron chi connectivity index (χ2n) is 9.23. The molecule has 3 aliphatic carbocycles. The Morgan fingerprint density at radius 2 is 1.70 bits per heavy atom. The Morgan fingerprint density at radius 3 is 2.45 bits per heavy atom. The maximum atomic E-state index is 10.7. The lowest BCUT2D eigenvalue weighted by molar-refractivity contribution is -0.119. The molecule has 0 aromatic carbocycles. The lowest BCUT2D eigenvalue weighted by Crippen LogP contribution is -2.53. The van der Waals surface area contributed by atoms with Gasteiger partial charge in [-0.05, 0) is 73.0 Å². The fraction of sp³-hybridized carbons (Fsp3) is 1.00. The fourth-order valence-corrected chi connectivity index (χ4v) is 6.55. The molecule has 1 nitrogen and oxygen atoms in total. The zero-order chi connectivity index (χ0) is 14.5. The molecule has 0 amide bonds. The smallest absolute Gasteiger partial charge is 0.0573 e. The predicted octanol–water partition coefficient (Wildman–Crippen LogP) is 5.03. The molecule has 0 aromatic rings. The third-order valence-corrected chi connectivity index (χ3v) is 7.54. The molecular formula is C19H34O. The van der Waals surface area contributed by atoms with Crippen LogP contribution in [0.5, 0.6) is 0 Å². The van der Waals surface area contributed by atoms with Crippen LogP contribution in [0.15, 0.2) is 0 Å². The van der Waals surface area contributed by atoms with E-state index in [9.17, 15) is 5.11 Å². The third kappa shape index (κ3) is 2.25. The summed E-state index contributed by atoms with van der Waals surface area (Å²) in [7, 11) is 0. The van der Waals surface area contributed by atoms with E-state index in [1.54, 1.807) is 0 Å². The Morgan fingerprint density at radius 1 is 0.950 bits per heavy atom. The van der Waals surface area contributed by atoms with Crippen molar-refractivity contribution in [3.63, 3.8) is 0 Å². The number of hydrogen-bond acceptors (Lipinski definition) is 1. The molecule has 3 saturated carbocycles. The van der Waals surface area contributed by atoms with Crippen LogP contribution in [0.1, 0.15) is 79.1 Å². The van der Waals surface area contributed by atoms with Crippen LogP contribution in [0.4, 0.5) is 0 Å². The number of rotatable bonds is 0. The highest BCUT2D eigenvalue weighted by Gasteiger charge is 2.55. The molecule has 0 saturated heterocycles. The summed E-state index contributed by atoms with van der Waals surface area (Å²) in [5.74, 6) is 2.97.